The molecular formula is C11H13F2N3. The van der Waals surface area contributed by atoms with Crippen molar-refractivity contribution in [1.29, 1.82) is 0 Å². The van der Waals surface area contributed by atoms with E-state index in [0.717, 1.165) is 6.07 Å². The van der Waals surface area contributed by atoms with Crippen molar-refractivity contribution in [3.05, 3.63) is 29.6 Å². The van der Waals surface area contributed by atoms with Crippen LogP contribution < -0.4 is 5.32 Å². The Balaban J connectivity index is 2.33. The highest BCUT2D eigenvalue weighted by Gasteiger charge is 2.09. The molecule has 0 unspecified atom stereocenters. The van der Waals surface area contributed by atoms with Crippen LogP contribution in [0.2, 0.25) is 0 Å². The number of aromatic amines is 1. The number of halogens is 2. The van der Waals surface area contributed by atoms with E-state index in [4.69, 9.17) is 0 Å². The van der Waals surface area contributed by atoms with Crippen molar-refractivity contribution in [2.75, 3.05) is 0 Å². The minimum atomic E-state index is -0.637. The number of benzene rings is 1. The first-order valence-electron chi connectivity index (χ1n) is 5.13. The Morgan fingerprint density at radius 3 is 2.81 bits per heavy atom. The molecule has 2 N–H and O–H groups in total. The molecule has 0 aliphatic carbocycles. The lowest BCUT2D eigenvalue weighted by molar-refractivity contribution is 0.575. The van der Waals surface area contributed by atoms with Gasteiger partial charge in [0, 0.05) is 12.1 Å². The fourth-order valence-corrected chi connectivity index (χ4v) is 1.48. The Hall–Kier alpha value is -1.49. The van der Waals surface area contributed by atoms with Crippen molar-refractivity contribution in [2.45, 2.75) is 26.4 Å². The average Bonchev–Trinajstić information content (AvgIpc) is 2.57. The number of nitrogens with zero attached hydrogens (tertiary/aromatic N) is 1. The fraction of sp³-hybridized carbons (Fsp3) is 0.364. The van der Waals surface area contributed by atoms with Crippen molar-refractivity contribution in [2.24, 2.45) is 0 Å². The second-order valence-electron chi connectivity index (χ2n) is 4.00. The third-order valence-electron chi connectivity index (χ3n) is 2.23. The number of nitrogens with one attached hydrogen (secondary N) is 2. The molecule has 2 rings (SSSR count). The fourth-order valence-electron chi connectivity index (χ4n) is 1.48. The van der Waals surface area contributed by atoms with Crippen LogP contribution in [-0.4, -0.2) is 16.0 Å². The largest absolute Gasteiger partial charge is 0.341 e. The van der Waals surface area contributed by atoms with E-state index < -0.39 is 11.6 Å². The highest BCUT2D eigenvalue weighted by molar-refractivity contribution is 5.75. The van der Waals surface area contributed by atoms with Crippen molar-refractivity contribution >= 4 is 11.0 Å². The Kier molecular flexibility index (Phi) is 2.87. The third-order valence-corrected chi connectivity index (χ3v) is 2.23. The summed E-state index contributed by atoms with van der Waals surface area (Å²) in [4.78, 5) is 6.94. The zero-order valence-electron chi connectivity index (χ0n) is 9.14. The Morgan fingerprint density at radius 1 is 1.38 bits per heavy atom. The lowest BCUT2D eigenvalue weighted by Gasteiger charge is -2.04. The summed E-state index contributed by atoms with van der Waals surface area (Å²) in [5.74, 6) is -0.632. The van der Waals surface area contributed by atoms with Gasteiger partial charge >= 0.3 is 0 Å². The predicted octanol–water partition coefficient (Wildman–Crippen LogP) is 2.34. The Morgan fingerprint density at radius 2 is 2.12 bits per heavy atom. The summed E-state index contributed by atoms with van der Waals surface area (Å²) in [6.45, 7) is 4.51. The molecule has 5 heteroatoms. The van der Waals surface area contributed by atoms with Gasteiger partial charge < -0.3 is 10.3 Å². The third kappa shape index (κ3) is 2.19. The SMILES string of the molecule is CC(C)NCc1nc2c(F)cc(F)cc2[nH]1. The van der Waals surface area contributed by atoms with E-state index in [0.29, 0.717) is 23.9 Å². The summed E-state index contributed by atoms with van der Waals surface area (Å²) in [6, 6.07) is 2.39. The van der Waals surface area contributed by atoms with Gasteiger partial charge in [0.05, 0.1) is 12.1 Å². The van der Waals surface area contributed by atoms with Crippen LogP contribution in [0.3, 0.4) is 0 Å². The van der Waals surface area contributed by atoms with Gasteiger partial charge in [0.1, 0.15) is 17.2 Å². The minimum Gasteiger partial charge on any atom is -0.341 e. The first kappa shape index (κ1) is 11.0. The zero-order chi connectivity index (χ0) is 11.7. The second kappa shape index (κ2) is 4.17. The first-order chi connectivity index (χ1) is 7.56. The van der Waals surface area contributed by atoms with Crippen LogP contribution in [0.1, 0.15) is 19.7 Å². The van der Waals surface area contributed by atoms with E-state index in [1.165, 1.54) is 6.07 Å². The van der Waals surface area contributed by atoms with Crippen LogP contribution >= 0.6 is 0 Å². The topological polar surface area (TPSA) is 40.7 Å². The zero-order valence-corrected chi connectivity index (χ0v) is 9.14. The maximum absolute atomic E-state index is 13.3. The van der Waals surface area contributed by atoms with E-state index >= 15 is 0 Å². The van der Waals surface area contributed by atoms with Gasteiger partial charge in [-0.2, -0.15) is 0 Å². The molecule has 16 heavy (non-hydrogen) atoms. The normalized spacial score (nSPS) is 11.6. The molecule has 3 nitrogen and oxygen atoms in total. The van der Waals surface area contributed by atoms with E-state index in [1.807, 2.05) is 13.8 Å². The van der Waals surface area contributed by atoms with Gasteiger partial charge in [-0.3, -0.25) is 0 Å². The van der Waals surface area contributed by atoms with Crippen LogP contribution in [0.25, 0.3) is 11.0 Å². The van der Waals surface area contributed by atoms with E-state index in [1.54, 1.807) is 0 Å². The molecule has 0 aliphatic rings. The Labute approximate surface area is 91.9 Å². The van der Waals surface area contributed by atoms with Crippen LogP contribution in [0, 0.1) is 11.6 Å². The van der Waals surface area contributed by atoms with Crippen LogP contribution in [0.15, 0.2) is 12.1 Å². The smallest absolute Gasteiger partial charge is 0.153 e. The van der Waals surface area contributed by atoms with Gasteiger partial charge in [-0.25, -0.2) is 13.8 Å². The minimum absolute atomic E-state index is 0.182. The van der Waals surface area contributed by atoms with Gasteiger partial charge in [0.15, 0.2) is 5.82 Å². The van der Waals surface area contributed by atoms with Crippen molar-refractivity contribution in [1.82, 2.24) is 15.3 Å². The monoisotopic (exact) mass is 225 g/mol. The van der Waals surface area contributed by atoms with E-state index in [2.05, 4.69) is 15.3 Å². The predicted molar refractivity (Wildman–Crippen MR) is 58.0 cm³/mol. The summed E-state index contributed by atoms with van der Waals surface area (Å²) in [5, 5.41) is 3.15. The molecule has 86 valence electrons. The molecule has 0 atom stereocenters. The van der Waals surface area contributed by atoms with E-state index in [-0.39, 0.29) is 5.52 Å². The van der Waals surface area contributed by atoms with Crippen LogP contribution in [0.5, 0.6) is 0 Å². The summed E-state index contributed by atoms with van der Waals surface area (Å²) in [7, 11) is 0. The number of rotatable bonds is 3. The van der Waals surface area contributed by atoms with Gasteiger partial charge in [0.25, 0.3) is 0 Å². The van der Waals surface area contributed by atoms with E-state index in [9.17, 15) is 8.78 Å². The van der Waals surface area contributed by atoms with Gasteiger partial charge in [0.2, 0.25) is 0 Å². The lowest BCUT2D eigenvalue weighted by Crippen LogP contribution is -2.22. The highest BCUT2D eigenvalue weighted by Crippen LogP contribution is 2.17. The molecule has 1 aromatic heterocycles. The number of aromatic nitrogens is 2. The molecule has 1 heterocycles. The molecule has 2 aromatic rings. The summed E-state index contributed by atoms with van der Waals surface area (Å²) >= 11 is 0. The maximum atomic E-state index is 13.3. The molecule has 0 saturated heterocycles. The molecule has 0 spiro atoms. The maximum Gasteiger partial charge on any atom is 0.153 e. The summed E-state index contributed by atoms with van der Waals surface area (Å²) in [5.41, 5.74) is 0.569. The molecule has 0 radical (unpaired) electrons. The molecule has 0 bridgehead atoms. The van der Waals surface area contributed by atoms with Crippen molar-refractivity contribution < 1.29 is 8.78 Å². The second-order valence-corrected chi connectivity index (χ2v) is 4.00. The number of hydrogen-bond acceptors (Lipinski definition) is 2. The summed E-state index contributed by atoms with van der Waals surface area (Å²) < 4.78 is 26.2. The molecular weight excluding hydrogens is 212 g/mol. The standard InChI is InChI=1S/C11H13F2N3/c1-6(2)14-5-10-15-9-4-7(12)3-8(13)11(9)16-10/h3-4,6,14H,5H2,1-2H3,(H,15,16). The first-order valence-corrected chi connectivity index (χ1v) is 5.13. The van der Waals surface area contributed by atoms with Gasteiger partial charge in [-0.05, 0) is 6.07 Å². The average molecular weight is 225 g/mol. The number of hydrogen-bond donors (Lipinski definition) is 2. The highest BCUT2D eigenvalue weighted by atomic mass is 19.1. The molecule has 0 saturated carbocycles. The van der Waals surface area contributed by atoms with Crippen LogP contribution in [-0.2, 0) is 6.54 Å². The quantitative estimate of drug-likeness (QED) is 0.841. The van der Waals surface area contributed by atoms with Crippen LogP contribution in [0.4, 0.5) is 8.78 Å². The molecule has 1 aromatic carbocycles. The van der Waals surface area contributed by atoms with Crippen molar-refractivity contribution in [3.8, 4) is 0 Å². The van der Waals surface area contributed by atoms with Gasteiger partial charge in [-0.1, -0.05) is 13.8 Å². The number of imidazole rings is 1. The Bertz CT molecular complexity index is 505. The summed E-state index contributed by atoms with van der Waals surface area (Å²) in [6.07, 6.45) is 0. The van der Waals surface area contributed by atoms with Crippen molar-refractivity contribution in [3.63, 3.8) is 0 Å². The molecule has 0 fully saturated rings. The molecule has 0 amide bonds. The lowest BCUT2D eigenvalue weighted by atomic mass is 10.3. The number of fused-ring (bicyclic) bond motifs is 1. The number of H-pyrrole nitrogens is 1. The molecule has 0 aliphatic heterocycles. The van der Waals surface area contributed by atoms with Gasteiger partial charge in [-0.15, -0.1) is 0 Å².